The minimum atomic E-state index is 0.740. The van der Waals surface area contributed by atoms with Crippen molar-refractivity contribution in [2.24, 2.45) is 5.16 Å². The highest BCUT2D eigenvalue weighted by Gasteiger charge is 2.00. The van der Waals surface area contributed by atoms with Crippen molar-refractivity contribution in [3.63, 3.8) is 0 Å². The molecule has 0 aliphatic heterocycles. The van der Waals surface area contributed by atoms with Crippen LogP contribution in [0.15, 0.2) is 34.3 Å². The average Bonchev–Trinajstić information content (AvgIpc) is 2.28. The van der Waals surface area contributed by atoms with Crippen molar-refractivity contribution in [1.29, 1.82) is 0 Å². The first-order valence-corrected chi connectivity index (χ1v) is 6.20. The predicted octanol–water partition coefficient (Wildman–Crippen LogP) is 3.58. The Morgan fingerprint density at radius 2 is 1.93 bits per heavy atom. The summed E-state index contributed by atoms with van der Waals surface area (Å²) in [6.45, 7) is 4.14. The molecule has 0 saturated heterocycles. The largest absolute Gasteiger partial charge is 0.411 e. The second-order valence-electron chi connectivity index (χ2n) is 3.27. The van der Waals surface area contributed by atoms with Gasteiger partial charge in [0.05, 0.1) is 5.71 Å². The molecule has 1 aromatic carbocycles. The highest BCUT2D eigenvalue weighted by molar-refractivity contribution is 7.99. The van der Waals surface area contributed by atoms with Crippen LogP contribution in [0.4, 0.5) is 0 Å². The van der Waals surface area contributed by atoms with Crippen molar-refractivity contribution in [3.05, 3.63) is 29.8 Å². The number of nitrogens with zero attached hydrogens (tertiary/aromatic N) is 1. The Balaban J connectivity index is 2.64. The van der Waals surface area contributed by atoms with Gasteiger partial charge in [-0.1, -0.05) is 31.1 Å². The molecule has 0 saturated carbocycles. The lowest BCUT2D eigenvalue weighted by atomic mass is 10.1. The van der Waals surface area contributed by atoms with E-state index >= 15 is 0 Å². The number of hydrogen-bond donors (Lipinski definition) is 1. The SMILES string of the molecule is CCSc1ccc(C/C(CC)=N/O)cc1. The second kappa shape index (κ2) is 6.51. The van der Waals surface area contributed by atoms with Gasteiger partial charge in [0.2, 0.25) is 0 Å². The van der Waals surface area contributed by atoms with Crippen LogP contribution in [0.1, 0.15) is 25.8 Å². The highest BCUT2D eigenvalue weighted by atomic mass is 32.2. The molecule has 0 aliphatic carbocycles. The number of hydrogen-bond acceptors (Lipinski definition) is 3. The summed E-state index contributed by atoms with van der Waals surface area (Å²) in [6.07, 6.45) is 1.53. The predicted molar refractivity (Wildman–Crippen MR) is 66.1 cm³/mol. The van der Waals surface area contributed by atoms with Crippen LogP contribution in [0.2, 0.25) is 0 Å². The van der Waals surface area contributed by atoms with Crippen LogP contribution in [0.5, 0.6) is 0 Å². The molecule has 15 heavy (non-hydrogen) atoms. The third kappa shape index (κ3) is 3.96. The van der Waals surface area contributed by atoms with Crippen LogP contribution >= 0.6 is 11.8 Å². The zero-order chi connectivity index (χ0) is 11.1. The molecule has 3 heteroatoms. The van der Waals surface area contributed by atoms with Crippen molar-refractivity contribution in [2.75, 3.05) is 5.75 Å². The van der Waals surface area contributed by atoms with E-state index in [1.807, 2.05) is 18.7 Å². The van der Waals surface area contributed by atoms with E-state index in [4.69, 9.17) is 5.21 Å². The molecule has 0 bridgehead atoms. The fraction of sp³-hybridized carbons (Fsp3) is 0.417. The Morgan fingerprint density at radius 1 is 1.27 bits per heavy atom. The maximum atomic E-state index is 8.71. The van der Waals surface area contributed by atoms with Crippen LogP contribution < -0.4 is 0 Å². The Bertz CT molecular complexity index is 319. The summed E-state index contributed by atoms with van der Waals surface area (Å²) in [5.74, 6) is 1.09. The Morgan fingerprint density at radius 3 is 2.40 bits per heavy atom. The van der Waals surface area contributed by atoms with Crippen molar-refractivity contribution < 1.29 is 5.21 Å². The summed E-state index contributed by atoms with van der Waals surface area (Å²) in [5, 5.41) is 12.0. The van der Waals surface area contributed by atoms with Crippen LogP contribution in [0, 0.1) is 0 Å². The molecule has 0 amide bonds. The fourth-order valence-electron chi connectivity index (χ4n) is 1.34. The van der Waals surface area contributed by atoms with Gasteiger partial charge in [-0.15, -0.1) is 11.8 Å². The van der Waals surface area contributed by atoms with Crippen LogP contribution in [0.25, 0.3) is 0 Å². The molecule has 0 fully saturated rings. The van der Waals surface area contributed by atoms with Gasteiger partial charge < -0.3 is 5.21 Å². The van der Waals surface area contributed by atoms with Gasteiger partial charge in [-0.2, -0.15) is 0 Å². The Labute approximate surface area is 95.4 Å². The maximum Gasteiger partial charge on any atom is 0.0611 e. The zero-order valence-electron chi connectivity index (χ0n) is 9.23. The normalized spacial score (nSPS) is 11.7. The molecule has 0 radical (unpaired) electrons. The molecule has 0 aromatic heterocycles. The van der Waals surface area contributed by atoms with Gasteiger partial charge in [0.15, 0.2) is 0 Å². The van der Waals surface area contributed by atoms with Crippen molar-refractivity contribution >= 4 is 17.5 Å². The minimum absolute atomic E-state index is 0.740. The zero-order valence-corrected chi connectivity index (χ0v) is 10.0. The highest BCUT2D eigenvalue weighted by Crippen LogP contribution is 2.18. The molecule has 1 rings (SSSR count). The van der Waals surface area contributed by atoms with Gasteiger partial charge in [0.25, 0.3) is 0 Å². The molecule has 0 heterocycles. The van der Waals surface area contributed by atoms with Gasteiger partial charge in [0, 0.05) is 11.3 Å². The molecular weight excluding hydrogens is 206 g/mol. The lowest BCUT2D eigenvalue weighted by Crippen LogP contribution is -2.01. The Hall–Kier alpha value is -0.960. The first-order chi connectivity index (χ1) is 7.30. The van der Waals surface area contributed by atoms with E-state index in [1.54, 1.807) is 0 Å². The lowest BCUT2D eigenvalue weighted by Gasteiger charge is -2.03. The summed E-state index contributed by atoms with van der Waals surface area (Å²) < 4.78 is 0. The van der Waals surface area contributed by atoms with E-state index < -0.39 is 0 Å². The quantitative estimate of drug-likeness (QED) is 0.358. The first kappa shape index (κ1) is 12.1. The third-order valence-electron chi connectivity index (χ3n) is 2.19. The summed E-state index contributed by atoms with van der Waals surface area (Å²) in [5.41, 5.74) is 2.02. The summed E-state index contributed by atoms with van der Waals surface area (Å²) in [4.78, 5) is 1.29. The standard InChI is InChI=1S/C12H17NOS/c1-3-11(13-14)9-10-5-7-12(8-6-10)15-4-2/h5-8,14H,3-4,9H2,1-2H3/b13-11+. The van der Waals surface area contributed by atoms with Crippen LogP contribution in [-0.2, 0) is 6.42 Å². The van der Waals surface area contributed by atoms with E-state index in [1.165, 1.54) is 10.5 Å². The molecule has 0 spiro atoms. The van der Waals surface area contributed by atoms with Gasteiger partial charge in [-0.25, -0.2) is 0 Å². The molecule has 0 atom stereocenters. The first-order valence-electron chi connectivity index (χ1n) is 5.21. The number of benzene rings is 1. The van der Waals surface area contributed by atoms with Crippen LogP contribution in [0.3, 0.4) is 0 Å². The van der Waals surface area contributed by atoms with Crippen molar-refractivity contribution in [2.45, 2.75) is 31.6 Å². The average molecular weight is 223 g/mol. The minimum Gasteiger partial charge on any atom is -0.411 e. The molecule has 1 N–H and O–H groups in total. The van der Waals surface area contributed by atoms with E-state index in [2.05, 4.69) is 36.3 Å². The van der Waals surface area contributed by atoms with Gasteiger partial charge in [-0.05, 0) is 29.9 Å². The summed E-state index contributed by atoms with van der Waals surface area (Å²) >= 11 is 1.83. The molecule has 0 unspecified atom stereocenters. The van der Waals surface area contributed by atoms with E-state index in [0.29, 0.717) is 0 Å². The Kier molecular flexibility index (Phi) is 5.26. The van der Waals surface area contributed by atoms with Gasteiger partial charge >= 0.3 is 0 Å². The monoisotopic (exact) mass is 223 g/mol. The number of thioether (sulfide) groups is 1. The molecule has 82 valence electrons. The van der Waals surface area contributed by atoms with E-state index in [0.717, 1.165) is 24.3 Å². The van der Waals surface area contributed by atoms with Crippen molar-refractivity contribution in [3.8, 4) is 0 Å². The fourth-order valence-corrected chi connectivity index (χ4v) is 2.00. The summed E-state index contributed by atoms with van der Waals surface area (Å²) in [6, 6.07) is 8.43. The second-order valence-corrected chi connectivity index (χ2v) is 4.61. The molecule has 2 nitrogen and oxygen atoms in total. The number of oxime groups is 1. The lowest BCUT2D eigenvalue weighted by molar-refractivity contribution is 0.317. The molecule has 0 aliphatic rings. The van der Waals surface area contributed by atoms with Gasteiger partial charge in [-0.3, -0.25) is 0 Å². The maximum absolute atomic E-state index is 8.71. The molecular formula is C12H17NOS. The smallest absolute Gasteiger partial charge is 0.0611 e. The van der Waals surface area contributed by atoms with Crippen molar-refractivity contribution in [1.82, 2.24) is 0 Å². The van der Waals surface area contributed by atoms with Gasteiger partial charge in [0.1, 0.15) is 0 Å². The summed E-state index contributed by atoms with van der Waals surface area (Å²) in [7, 11) is 0. The van der Waals surface area contributed by atoms with E-state index in [9.17, 15) is 0 Å². The van der Waals surface area contributed by atoms with Crippen LogP contribution in [-0.4, -0.2) is 16.7 Å². The molecule has 1 aromatic rings. The van der Waals surface area contributed by atoms with E-state index in [-0.39, 0.29) is 0 Å². The topological polar surface area (TPSA) is 32.6 Å². The third-order valence-corrected chi connectivity index (χ3v) is 3.09. The number of rotatable bonds is 5.